The second-order valence-corrected chi connectivity index (χ2v) is 6.02. The molecule has 0 aliphatic heterocycles. The normalized spacial score (nSPS) is 10.6. The maximum atomic E-state index is 10.5. The molecule has 2 rings (SSSR count). The molecule has 1 aromatic heterocycles. The van der Waals surface area contributed by atoms with Crippen molar-refractivity contribution in [2.75, 3.05) is 11.6 Å². The van der Waals surface area contributed by atoms with Crippen LogP contribution in [0.25, 0.3) is 11.4 Å². The lowest BCUT2D eigenvalue weighted by molar-refractivity contribution is -0.133. The summed E-state index contributed by atoms with van der Waals surface area (Å²) in [6, 6.07) is 5.35. The standard InChI is InChI=1S/C10H8ClIN4O2S/c11-5-1-2-7(12)6(3-5)9-14-15-10(16(9)13)19-4-8(17)18/h1-3H,4,13H2,(H,17,18). The highest BCUT2D eigenvalue weighted by molar-refractivity contribution is 14.1. The smallest absolute Gasteiger partial charge is 0.313 e. The SMILES string of the molecule is Nn1c(SCC(=O)O)nnc1-c1cc(Cl)ccc1I. The Kier molecular flexibility index (Phi) is 4.53. The number of aromatic nitrogens is 3. The second-order valence-electron chi connectivity index (χ2n) is 3.48. The van der Waals surface area contributed by atoms with Gasteiger partial charge in [-0.05, 0) is 40.8 Å². The van der Waals surface area contributed by atoms with E-state index in [1.807, 2.05) is 6.07 Å². The average Bonchev–Trinajstić information content (AvgIpc) is 2.71. The zero-order chi connectivity index (χ0) is 14.0. The van der Waals surface area contributed by atoms with Crippen molar-refractivity contribution in [2.24, 2.45) is 0 Å². The number of carbonyl (C=O) groups is 1. The number of carboxylic acid groups (broad SMARTS) is 1. The van der Waals surface area contributed by atoms with E-state index in [-0.39, 0.29) is 5.75 Å². The molecule has 0 aliphatic rings. The first kappa shape index (κ1) is 14.4. The molecule has 0 aliphatic carbocycles. The van der Waals surface area contributed by atoms with Gasteiger partial charge in [0.15, 0.2) is 5.82 Å². The van der Waals surface area contributed by atoms with E-state index in [1.165, 1.54) is 4.68 Å². The summed E-state index contributed by atoms with van der Waals surface area (Å²) in [6.45, 7) is 0. The van der Waals surface area contributed by atoms with Crippen LogP contribution >= 0.6 is 46.0 Å². The highest BCUT2D eigenvalue weighted by Gasteiger charge is 2.15. The number of benzene rings is 1. The highest BCUT2D eigenvalue weighted by atomic mass is 127. The van der Waals surface area contributed by atoms with Crippen molar-refractivity contribution in [3.63, 3.8) is 0 Å². The van der Waals surface area contributed by atoms with Crippen LogP contribution in [0.4, 0.5) is 0 Å². The van der Waals surface area contributed by atoms with Gasteiger partial charge in [-0.1, -0.05) is 23.4 Å². The lowest BCUT2D eigenvalue weighted by Crippen LogP contribution is -2.13. The first-order valence-electron chi connectivity index (χ1n) is 4.99. The minimum Gasteiger partial charge on any atom is -0.481 e. The van der Waals surface area contributed by atoms with Crippen LogP contribution < -0.4 is 5.84 Å². The number of carboxylic acids is 1. The van der Waals surface area contributed by atoms with Gasteiger partial charge in [0.05, 0.1) is 5.75 Å². The van der Waals surface area contributed by atoms with E-state index in [4.69, 9.17) is 22.6 Å². The van der Waals surface area contributed by atoms with Crippen molar-refractivity contribution in [3.05, 3.63) is 26.8 Å². The van der Waals surface area contributed by atoms with Crippen LogP contribution in [0, 0.1) is 3.57 Å². The third-order valence-electron chi connectivity index (χ3n) is 2.16. The molecule has 9 heteroatoms. The minimum atomic E-state index is -0.938. The molecule has 100 valence electrons. The fraction of sp³-hybridized carbons (Fsp3) is 0.100. The third kappa shape index (κ3) is 3.31. The number of halogens is 2. The maximum Gasteiger partial charge on any atom is 0.313 e. The molecule has 1 heterocycles. The first-order chi connectivity index (χ1) is 8.99. The fourth-order valence-corrected chi connectivity index (χ4v) is 2.68. The topological polar surface area (TPSA) is 94.0 Å². The van der Waals surface area contributed by atoms with Crippen LogP contribution in [0.15, 0.2) is 23.4 Å². The van der Waals surface area contributed by atoms with Crippen molar-refractivity contribution in [1.82, 2.24) is 14.9 Å². The molecule has 6 nitrogen and oxygen atoms in total. The van der Waals surface area contributed by atoms with Gasteiger partial charge >= 0.3 is 5.97 Å². The molecule has 0 radical (unpaired) electrons. The van der Waals surface area contributed by atoms with Gasteiger partial charge in [-0.15, -0.1) is 10.2 Å². The summed E-state index contributed by atoms with van der Waals surface area (Å²) in [5, 5.41) is 17.4. The molecular formula is C10H8ClIN4O2S. The predicted octanol–water partition coefficient (Wildman–Crippen LogP) is 2.09. The number of hydrogen-bond donors (Lipinski definition) is 2. The second kappa shape index (κ2) is 5.97. The van der Waals surface area contributed by atoms with Gasteiger partial charge in [-0.3, -0.25) is 4.79 Å². The Bertz CT molecular complexity index is 634. The molecule has 0 amide bonds. The molecule has 0 atom stereocenters. The van der Waals surface area contributed by atoms with Gasteiger partial charge < -0.3 is 10.9 Å². The van der Waals surface area contributed by atoms with Crippen LogP contribution in [0.3, 0.4) is 0 Å². The summed E-state index contributed by atoms with van der Waals surface area (Å²) in [5.41, 5.74) is 0.755. The van der Waals surface area contributed by atoms with E-state index in [0.717, 1.165) is 20.9 Å². The summed E-state index contributed by atoms with van der Waals surface area (Å²) in [7, 11) is 0. The summed E-state index contributed by atoms with van der Waals surface area (Å²) >= 11 is 9.10. The molecule has 0 bridgehead atoms. The lowest BCUT2D eigenvalue weighted by Gasteiger charge is -2.05. The molecule has 0 unspecified atom stereocenters. The summed E-state index contributed by atoms with van der Waals surface area (Å²) in [5.74, 6) is 5.26. The number of hydrogen-bond acceptors (Lipinski definition) is 5. The van der Waals surface area contributed by atoms with Crippen LogP contribution in [0.2, 0.25) is 5.02 Å². The van der Waals surface area contributed by atoms with Crippen molar-refractivity contribution in [3.8, 4) is 11.4 Å². The summed E-state index contributed by atoms with van der Waals surface area (Å²) < 4.78 is 2.19. The molecule has 0 fully saturated rings. The van der Waals surface area contributed by atoms with E-state index in [2.05, 4.69) is 32.8 Å². The van der Waals surface area contributed by atoms with Crippen molar-refractivity contribution < 1.29 is 9.90 Å². The van der Waals surface area contributed by atoms with Gasteiger partial charge in [0.2, 0.25) is 5.16 Å². The Hall–Kier alpha value is -1.000. The maximum absolute atomic E-state index is 10.5. The summed E-state index contributed by atoms with van der Waals surface area (Å²) in [4.78, 5) is 10.5. The van der Waals surface area contributed by atoms with E-state index < -0.39 is 5.97 Å². The summed E-state index contributed by atoms with van der Waals surface area (Å²) in [6.07, 6.45) is 0. The number of aliphatic carboxylic acids is 1. The molecule has 1 aromatic carbocycles. The largest absolute Gasteiger partial charge is 0.481 e. The molecule has 0 saturated heterocycles. The average molecular weight is 411 g/mol. The Morgan fingerprint density at radius 2 is 2.26 bits per heavy atom. The van der Waals surface area contributed by atoms with Crippen molar-refractivity contribution >= 4 is 51.9 Å². The number of thioether (sulfide) groups is 1. The Morgan fingerprint density at radius 1 is 1.53 bits per heavy atom. The molecule has 0 spiro atoms. The van der Waals surface area contributed by atoms with Crippen LogP contribution in [-0.2, 0) is 4.79 Å². The van der Waals surface area contributed by atoms with Gasteiger partial charge in [0, 0.05) is 14.2 Å². The van der Waals surface area contributed by atoms with Crippen molar-refractivity contribution in [2.45, 2.75) is 5.16 Å². The fourth-order valence-electron chi connectivity index (χ4n) is 1.35. The molecule has 2 aromatic rings. The Labute approximate surface area is 131 Å². The quantitative estimate of drug-likeness (QED) is 0.455. The Morgan fingerprint density at radius 3 is 2.95 bits per heavy atom. The highest BCUT2D eigenvalue weighted by Crippen LogP contribution is 2.28. The number of nitrogen functional groups attached to an aromatic ring is 1. The van der Waals surface area contributed by atoms with Crippen LogP contribution in [0.1, 0.15) is 0 Å². The zero-order valence-corrected chi connectivity index (χ0v) is 13.1. The van der Waals surface area contributed by atoms with Crippen LogP contribution in [0.5, 0.6) is 0 Å². The van der Waals surface area contributed by atoms with Gasteiger partial charge in [0.1, 0.15) is 0 Å². The number of rotatable bonds is 4. The first-order valence-corrected chi connectivity index (χ1v) is 7.44. The predicted molar refractivity (Wildman–Crippen MR) is 81.7 cm³/mol. The number of nitrogens with zero attached hydrogens (tertiary/aromatic N) is 3. The van der Waals surface area contributed by atoms with E-state index in [0.29, 0.717) is 16.0 Å². The monoisotopic (exact) mass is 410 g/mol. The van der Waals surface area contributed by atoms with Gasteiger partial charge in [-0.25, -0.2) is 4.68 Å². The van der Waals surface area contributed by atoms with Crippen molar-refractivity contribution in [1.29, 1.82) is 0 Å². The van der Waals surface area contributed by atoms with Crippen LogP contribution in [-0.4, -0.2) is 31.7 Å². The number of nitrogens with two attached hydrogens (primary N) is 1. The molecule has 3 N–H and O–H groups in total. The minimum absolute atomic E-state index is 0.123. The molecule has 19 heavy (non-hydrogen) atoms. The molecule has 0 saturated carbocycles. The van der Waals surface area contributed by atoms with Gasteiger partial charge in [-0.2, -0.15) is 0 Å². The molecular weight excluding hydrogens is 403 g/mol. The third-order valence-corrected chi connectivity index (χ3v) is 4.26. The van der Waals surface area contributed by atoms with E-state index in [1.54, 1.807) is 12.1 Å². The van der Waals surface area contributed by atoms with E-state index in [9.17, 15) is 4.79 Å². The van der Waals surface area contributed by atoms with E-state index >= 15 is 0 Å². The Balaban J connectivity index is 2.36. The van der Waals surface area contributed by atoms with Gasteiger partial charge in [0.25, 0.3) is 0 Å². The lowest BCUT2D eigenvalue weighted by atomic mass is 10.2. The zero-order valence-electron chi connectivity index (χ0n) is 9.38.